The van der Waals surface area contributed by atoms with Gasteiger partial charge in [0, 0.05) is 12.5 Å². The molecular formula is C24H32O6. The van der Waals surface area contributed by atoms with Gasteiger partial charge < -0.3 is 14.3 Å². The zero-order chi connectivity index (χ0) is 22.5. The van der Waals surface area contributed by atoms with Crippen LogP contribution in [0.1, 0.15) is 75.4 Å². The van der Waals surface area contributed by atoms with Crippen LogP contribution in [0.25, 0.3) is 0 Å². The largest absolute Gasteiger partial charge is 0.507 e. The molecule has 6 nitrogen and oxygen atoms in total. The summed E-state index contributed by atoms with van der Waals surface area (Å²) in [6, 6.07) is 1.32. The van der Waals surface area contributed by atoms with Crippen LogP contribution in [0.2, 0.25) is 0 Å². The lowest BCUT2D eigenvalue weighted by Gasteiger charge is -2.05. The van der Waals surface area contributed by atoms with Gasteiger partial charge in [0.2, 0.25) is 0 Å². The van der Waals surface area contributed by atoms with Gasteiger partial charge in [-0.25, -0.2) is 4.79 Å². The molecule has 0 aliphatic heterocycles. The van der Waals surface area contributed by atoms with Crippen molar-refractivity contribution in [2.75, 3.05) is 7.11 Å². The zero-order valence-electron chi connectivity index (χ0n) is 18.3. The van der Waals surface area contributed by atoms with E-state index in [1.54, 1.807) is 19.1 Å². The van der Waals surface area contributed by atoms with E-state index in [9.17, 15) is 19.5 Å². The van der Waals surface area contributed by atoms with Gasteiger partial charge in [-0.05, 0) is 45.1 Å². The maximum atomic E-state index is 12.6. The second kappa shape index (κ2) is 13.4. The molecule has 0 aromatic carbocycles. The average molecular weight is 417 g/mol. The summed E-state index contributed by atoms with van der Waals surface area (Å²) < 4.78 is 9.76. The van der Waals surface area contributed by atoms with Gasteiger partial charge in [-0.3, -0.25) is 9.59 Å². The SMILES string of the molecule is CCCC/C(C)=C\C=C(/C)C(=O)c1c(O)cc(CCC/C=C/CC(=O)OC)oc1=O. The summed E-state index contributed by atoms with van der Waals surface area (Å²) in [5.41, 5.74) is 0.328. The Morgan fingerprint density at radius 2 is 1.90 bits per heavy atom. The number of ether oxygens (including phenoxy) is 1. The molecule has 0 amide bonds. The molecule has 0 unspecified atom stereocenters. The van der Waals surface area contributed by atoms with Crippen LogP contribution in [0.15, 0.2) is 50.7 Å². The zero-order valence-corrected chi connectivity index (χ0v) is 18.3. The number of aromatic hydroxyl groups is 1. The standard InChI is InChI=1S/C24H32O6/c1-5-6-11-17(2)14-15-18(3)23(27)22-20(25)16-19(30-24(22)28)12-9-7-8-10-13-21(26)29-4/h8,10,14-16,25H,5-7,9,11-13H2,1-4H3/b10-8+,17-14-,18-15+. The van der Waals surface area contributed by atoms with E-state index < -0.39 is 11.4 Å². The molecule has 0 radical (unpaired) electrons. The van der Waals surface area contributed by atoms with Crippen molar-refractivity contribution < 1.29 is 23.8 Å². The molecule has 1 aromatic heterocycles. The number of rotatable bonds is 12. The Balaban J connectivity index is 2.77. The molecule has 0 atom stereocenters. The lowest BCUT2D eigenvalue weighted by molar-refractivity contribution is -0.139. The van der Waals surface area contributed by atoms with Crippen LogP contribution >= 0.6 is 0 Å². The number of aryl methyl sites for hydroxylation is 1. The van der Waals surface area contributed by atoms with Gasteiger partial charge in [0.05, 0.1) is 13.5 Å². The highest BCUT2D eigenvalue weighted by molar-refractivity contribution is 6.09. The van der Waals surface area contributed by atoms with Crippen LogP contribution in [-0.4, -0.2) is 24.0 Å². The molecule has 1 N–H and O–H groups in total. The minimum absolute atomic E-state index is 0.212. The summed E-state index contributed by atoms with van der Waals surface area (Å²) >= 11 is 0. The molecule has 0 saturated carbocycles. The third kappa shape index (κ3) is 8.64. The number of unbranched alkanes of at least 4 members (excludes halogenated alkanes) is 2. The number of ketones is 1. The molecule has 30 heavy (non-hydrogen) atoms. The van der Waals surface area contributed by atoms with Crippen molar-refractivity contribution in [2.24, 2.45) is 0 Å². The third-order valence-corrected chi connectivity index (χ3v) is 4.58. The predicted molar refractivity (Wildman–Crippen MR) is 117 cm³/mol. The molecule has 0 bridgehead atoms. The van der Waals surface area contributed by atoms with Crippen molar-refractivity contribution >= 4 is 11.8 Å². The van der Waals surface area contributed by atoms with E-state index in [-0.39, 0.29) is 23.7 Å². The smallest absolute Gasteiger partial charge is 0.351 e. The molecule has 0 aliphatic rings. The van der Waals surface area contributed by atoms with E-state index in [4.69, 9.17) is 4.42 Å². The van der Waals surface area contributed by atoms with Crippen molar-refractivity contribution in [3.63, 3.8) is 0 Å². The highest BCUT2D eigenvalue weighted by Gasteiger charge is 2.20. The first-order valence-corrected chi connectivity index (χ1v) is 10.3. The Hall–Kier alpha value is -2.89. The van der Waals surface area contributed by atoms with E-state index in [2.05, 4.69) is 11.7 Å². The quantitative estimate of drug-likeness (QED) is 0.128. The molecule has 0 spiro atoms. The Labute approximate surface area is 177 Å². The predicted octanol–water partition coefficient (Wildman–Crippen LogP) is 5.05. The first-order valence-electron chi connectivity index (χ1n) is 10.3. The third-order valence-electron chi connectivity index (χ3n) is 4.58. The van der Waals surface area contributed by atoms with E-state index in [1.807, 2.05) is 19.1 Å². The number of allylic oxidation sites excluding steroid dienone is 5. The van der Waals surface area contributed by atoms with Crippen LogP contribution in [0.5, 0.6) is 5.75 Å². The fourth-order valence-electron chi connectivity index (χ4n) is 2.71. The number of Topliss-reactive ketones (excluding diaryl/α,β-unsaturated/α-hetero) is 1. The number of hydrogen-bond acceptors (Lipinski definition) is 6. The first-order chi connectivity index (χ1) is 14.3. The average Bonchev–Trinajstić information content (AvgIpc) is 2.71. The topological polar surface area (TPSA) is 93.8 Å². The van der Waals surface area contributed by atoms with E-state index in [0.29, 0.717) is 30.6 Å². The van der Waals surface area contributed by atoms with Crippen molar-refractivity contribution in [3.8, 4) is 5.75 Å². The molecule has 1 aromatic rings. The summed E-state index contributed by atoms with van der Waals surface area (Å²) in [6.45, 7) is 5.72. The Morgan fingerprint density at radius 1 is 1.17 bits per heavy atom. The Bertz CT molecular complexity index is 870. The van der Waals surface area contributed by atoms with Crippen molar-refractivity contribution in [1.82, 2.24) is 0 Å². The molecule has 6 heteroatoms. The summed E-state index contributed by atoms with van der Waals surface area (Å²) in [5.74, 6) is -0.907. The second-order valence-corrected chi connectivity index (χ2v) is 7.20. The van der Waals surface area contributed by atoms with Crippen LogP contribution in [-0.2, 0) is 16.0 Å². The maximum Gasteiger partial charge on any atom is 0.351 e. The lowest BCUT2D eigenvalue weighted by atomic mass is 10.0. The fraction of sp³-hybridized carbons (Fsp3) is 0.458. The van der Waals surface area contributed by atoms with Crippen molar-refractivity contribution in [1.29, 1.82) is 0 Å². The number of esters is 1. The highest BCUT2D eigenvalue weighted by atomic mass is 16.5. The lowest BCUT2D eigenvalue weighted by Crippen LogP contribution is -2.16. The fourth-order valence-corrected chi connectivity index (χ4v) is 2.71. The van der Waals surface area contributed by atoms with E-state index >= 15 is 0 Å². The maximum absolute atomic E-state index is 12.6. The second-order valence-electron chi connectivity index (χ2n) is 7.20. The number of carbonyl (C=O) groups is 2. The normalized spacial score (nSPS) is 12.4. The summed E-state index contributed by atoms with van der Waals surface area (Å²) in [5, 5.41) is 10.2. The Morgan fingerprint density at radius 3 is 2.53 bits per heavy atom. The molecule has 0 aliphatic carbocycles. The van der Waals surface area contributed by atoms with Crippen LogP contribution in [0, 0.1) is 0 Å². The summed E-state index contributed by atoms with van der Waals surface area (Å²) in [7, 11) is 1.34. The van der Waals surface area contributed by atoms with E-state index in [1.165, 1.54) is 13.2 Å². The molecule has 1 heterocycles. The van der Waals surface area contributed by atoms with Crippen LogP contribution < -0.4 is 5.63 Å². The van der Waals surface area contributed by atoms with Gasteiger partial charge in [0.15, 0.2) is 5.78 Å². The van der Waals surface area contributed by atoms with Gasteiger partial charge in [-0.15, -0.1) is 0 Å². The minimum Gasteiger partial charge on any atom is -0.507 e. The molecule has 0 fully saturated rings. The monoisotopic (exact) mass is 416 g/mol. The summed E-state index contributed by atoms with van der Waals surface area (Å²) in [6.07, 6.45) is 12.2. The van der Waals surface area contributed by atoms with Crippen molar-refractivity contribution in [2.45, 2.75) is 65.7 Å². The highest BCUT2D eigenvalue weighted by Crippen LogP contribution is 2.20. The number of carbonyl (C=O) groups excluding carboxylic acids is 2. The first kappa shape index (κ1) is 25.1. The Kier molecular flexibility index (Phi) is 11.2. The van der Waals surface area contributed by atoms with Gasteiger partial charge in [0.25, 0.3) is 0 Å². The van der Waals surface area contributed by atoms with Gasteiger partial charge in [-0.2, -0.15) is 0 Å². The van der Waals surface area contributed by atoms with Crippen LogP contribution in [0.4, 0.5) is 0 Å². The number of hydrogen-bond donors (Lipinski definition) is 1. The van der Waals surface area contributed by atoms with Gasteiger partial charge >= 0.3 is 11.6 Å². The summed E-state index contributed by atoms with van der Waals surface area (Å²) in [4.78, 5) is 35.9. The molecule has 1 rings (SSSR count). The molecule has 164 valence electrons. The molecular weight excluding hydrogens is 384 g/mol. The van der Waals surface area contributed by atoms with E-state index in [0.717, 1.165) is 24.8 Å². The molecule has 0 saturated heterocycles. The van der Waals surface area contributed by atoms with Gasteiger partial charge in [-0.1, -0.05) is 43.2 Å². The minimum atomic E-state index is -0.837. The van der Waals surface area contributed by atoms with Crippen molar-refractivity contribution in [3.05, 3.63) is 63.3 Å². The number of methoxy groups -OCH3 is 1. The van der Waals surface area contributed by atoms with Gasteiger partial charge in [0.1, 0.15) is 17.1 Å². The van der Waals surface area contributed by atoms with Crippen LogP contribution in [0.3, 0.4) is 0 Å².